The van der Waals surface area contributed by atoms with Crippen LogP contribution in [0.1, 0.15) is 82.7 Å². The van der Waals surface area contributed by atoms with Crippen LogP contribution in [0.15, 0.2) is 16.5 Å². The summed E-state index contributed by atoms with van der Waals surface area (Å²) < 4.78 is 5.79. The van der Waals surface area contributed by atoms with E-state index in [0.717, 1.165) is 37.2 Å². The summed E-state index contributed by atoms with van der Waals surface area (Å²) in [6.07, 6.45) is 13.0. The molecule has 0 aliphatic carbocycles. The standard InChI is InChI=1S/C18H30O3/c1-2-3-4-5-6-7-8-11-16-14-15-17(21-16)12-9-10-13-18(19)20/h14-15H,2-13H2,1H3,(H,19,20). The molecule has 0 unspecified atom stereocenters. The highest BCUT2D eigenvalue weighted by atomic mass is 16.4. The second-order valence-corrected chi connectivity index (χ2v) is 5.84. The molecule has 3 heteroatoms. The lowest BCUT2D eigenvalue weighted by Crippen LogP contribution is -1.94. The van der Waals surface area contributed by atoms with Crippen molar-refractivity contribution in [1.82, 2.24) is 0 Å². The number of carbonyl (C=O) groups is 1. The molecule has 0 aliphatic heterocycles. The third kappa shape index (κ3) is 9.33. The predicted molar refractivity (Wildman–Crippen MR) is 85.6 cm³/mol. The summed E-state index contributed by atoms with van der Waals surface area (Å²) in [7, 11) is 0. The average Bonchev–Trinajstić information content (AvgIpc) is 2.90. The highest BCUT2D eigenvalue weighted by molar-refractivity contribution is 5.66. The van der Waals surface area contributed by atoms with Crippen molar-refractivity contribution < 1.29 is 14.3 Å². The molecule has 1 aromatic heterocycles. The molecule has 1 N–H and O–H groups in total. The molecular formula is C18H30O3. The molecule has 0 aromatic carbocycles. The van der Waals surface area contributed by atoms with Gasteiger partial charge in [-0.05, 0) is 31.4 Å². The van der Waals surface area contributed by atoms with Gasteiger partial charge in [-0.25, -0.2) is 0 Å². The molecule has 3 nitrogen and oxygen atoms in total. The van der Waals surface area contributed by atoms with Crippen molar-refractivity contribution in [2.24, 2.45) is 0 Å². The van der Waals surface area contributed by atoms with E-state index in [-0.39, 0.29) is 6.42 Å². The van der Waals surface area contributed by atoms with Crippen LogP contribution in [0.3, 0.4) is 0 Å². The average molecular weight is 294 g/mol. The Hall–Kier alpha value is -1.25. The maximum Gasteiger partial charge on any atom is 0.303 e. The molecule has 21 heavy (non-hydrogen) atoms. The van der Waals surface area contributed by atoms with Gasteiger partial charge in [0, 0.05) is 19.3 Å². The third-order valence-electron chi connectivity index (χ3n) is 3.81. The van der Waals surface area contributed by atoms with Gasteiger partial charge < -0.3 is 9.52 Å². The van der Waals surface area contributed by atoms with Crippen LogP contribution in [0.4, 0.5) is 0 Å². The summed E-state index contributed by atoms with van der Waals surface area (Å²) in [6.45, 7) is 2.25. The zero-order valence-corrected chi connectivity index (χ0v) is 13.4. The van der Waals surface area contributed by atoms with Crippen molar-refractivity contribution >= 4 is 5.97 Å². The van der Waals surface area contributed by atoms with E-state index in [2.05, 4.69) is 13.0 Å². The predicted octanol–water partition coefficient (Wildman–Crippen LogP) is 5.37. The Labute approximate surface area is 128 Å². The van der Waals surface area contributed by atoms with Crippen LogP contribution >= 0.6 is 0 Å². The van der Waals surface area contributed by atoms with Crippen LogP contribution in [-0.2, 0) is 17.6 Å². The van der Waals surface area contributed by atoms with Gasteiger partial charge >= 0.3 is 5.97 Å². The molecule has 0 fully saturated rings. The minimum absolute atomic E-state index is 0.256. The normalized spacial score (nSPS) is 10.9. The fraction of sp³-hybridized carbons (Fsp3) is 0.722. The van der Waals surface area contributed by atoms with Gasteiger partial charge in [-0.2, -0.15) is 0 Å². The molecule has 0 saturated heterocycles. The van der Waals surface area contributed by atoms with E-state index in [4.69, 9.17) is 9.52 Å². The number of unbranched alkanes of at least 4 members (excludes halogenated alkanes) is 7. The van der Waals surface area contributed by atoms with E-state index < -0.39 is 5.97 Å². The molecular weight excluding hydrogens is 264 g/mol. The molecule has 1 aromatic rings. The molecule has 120 valence electrons. The second kappa shape index (κ2) is 11.4. The Bertz CT molecular complexity index is 382. The monoisotopic (exact) mass is 294 g/mol. The fourth-order valence-electron chi connectivity index (χ4n) is 2.52. The molecule has 0 bridgehead atoms. The Morgan fingerprint density at radius 1 is 0.905 bits per heavy atom. The van der Waals surface area contributed by atoms with Gasteiger partial charge in [0.2, 0.25) is 0 Å². The van der Waals surface area contributed by atoms with E-state index in [9.17, 15) is 4.79 Å². The number of hydrogen-bond donors (Lipinski definition) is 1. The maximum atomic E-state index is 10.4. The summed E-state index contributed by atoms with van der Waals surface area (Å²) in [5.74, 6) is 1.36. The Balaban J connectivity index is 2.04. The van der Waals surface area contributed by atoms with E-state index in [0.29, 0.717) is 0 Å². The summed E-state index contributed by atoms with van der Waals surface area (Å²) in [5.41, 5.74) is 0. The Morgan fingerprint density at radius 2 is 1.43 bits per heavy atom. The minimum Gasteiger partial charge on any atom is -0.481 e. The molecule has 0 spiro atoms. The van der Waals surface area contributed by atoms with Gasteiger partial charge in [-0.1, -0.05) is 45.4 Å². The summed E-state index contributed by atoms with van der Waals surface area (Å²) in [4.78, 5) is 10.4. The second-order valence-electron chi connectivity index (χ2n) is 5.84. The van der Waals surface area contributed by atoms with Crippen LogP contribution in [-0.4, -0.2) is 11.1 Å². The number of furan rings is 1. The summed E-state index contributed by atoms with van der Waals surface area (Å²) in [5, 5.41) is 8.58. The maximum absolute atomic E-state index is 10.4. The first kappa shape index (κ1) is 17.8. The lowest BCUT2D eigenvalue weighted by Gasteiger charge is -2.00. The lowest BCUT2D eigenvalue weighted by atomic mass is 10.1. The highest BCUT2D eigenvalue weighted by Crippen LogP contribution is 2.15. The van der Waals surface area contributed by atoms with E-state index in [1.165, 1.54) is 44.9 Å². The molecule has 0 amide bonds. The number of carboxylic acids is 1. The molecule has 1 heterocycles. The van der Waals surface area contributed by atoms with E-state index in [1.54, 1.807) is 0 Å². The summed E-state index contributed by atoms with van der Waals surface area (Å²) in [6, 6.07) is 4.11. The first-order chi connectivity index (χ1) is 10.2. The van der Waals surface area contributed by atoms with Gasteiger partial charge in [-0.3, -0.25) is 4.79 Å². The number of carboxylic acid groups (broad SMARTS) is 1. The first-order valence-electron chi connectivity index (χ1n) is 8.51. The van der Waals surface area contributed by atoms with E-state index in [1.807, 2.05) is 6.07 Å². The summed E-state index contributed by atoms with van der Waals surface area (Å²) >= 11 is 0. The van der Waals surface area contributed by atoms with Crippen LogP contribution in [0.5, 0.6) is 0 Å². The zero-order valence-electron chi connectivity index (χ0n) is 13.4. The van der Waals surface area contributed by atoms with E-state index >= 15 is 0 Å². The topological polar surface area (TPSA) is 50.4 Å². The van der Waals surface area contributed by atoms with Gasteiger partial charge in [0.15, 0.2) is 0 Å². The largest absolute Gasteiger partial charge is 0.481 e. The van der Waals surface area contributed by atoms with Crippen molar-refractivity contribution in [3.05, 3.63) is 23.7 Å². The molecule has 0 aliphatic rings. The Kier molecular flexibility index (Phi) is 9.68. The van der Waals surface area contributed by atoms with Crippen molar-refractivity contribution in [3.63, 3.8) is 0 Å². The Morgan fingerprint density at radius 3 is 2.00 bits per heavy atom. The highest BCUT2D eigenvalue weighted by Gasteiger charge is 2.03. The zero-order chi connectivity index (χ0) is 15.3. The lowest BCUT2D eigenvalue weighted by molar-refractivity contribution is -0.137. The van der Waals surface area contributed by atoms with Crippen molar-refractivity contribution in [2.75, 3.05) is 0 Å². The third-order valence-corrected chi connectivity index (χ3v) is 3.81. The van der Waals surface area contributed by atoms with Gasteiger partial charge in [0.25, 0.3) is 0 Å². The molecule has 0 radical (unpaired) electrons. The number of rotatable bonds is 13. The smallest absolute Gasteiger partial charge is 0.303 e. The van der Waals surface area contributed by atoms with Crippen molar-refractivity contribution in [2.45, 2.75) is 84.0 Å². The van der Waals surface area contributed by atoms with Gasteiger partial charge in [0.05, 0.1) is 0 Å². The van der Waals surface area contributed by atoms with Crippen molar-refractivity contribution in [1.29, 1.82) is 0 Å². The van der Waals surface area contributed by atoms with Gasteiger partial charge in [0.1, 0.15) is 11.5 Å². The fourth-order valence-corrected chi connectivity index (χ4v) is 2.52. The molecule has 0 atom stereocenters. The quantitative estimate of drug-likeness (QED) is 0.497. The van der Waals surface area contributed by atoms with Gasteiger partial charge in [-0.15, -0.1) is 0 Å². The molecule has 0 saturated carbocycles. The number of aliphatic carboxylic acids is 1. The minimum atomic E-state index is -0.714. The number of aryl methyl sites for hydroxylation is 2. The number of hydrogen-bond acceptors (Lipinski definition) is 2. The van der Waals surface area contributed by atoms with Crippen LogP contribution in [0.25, 0.3) is 0 Å². The van der Waals surface area contributed by atoms with Crippen molar-refractivity contribution in [3.8, 4) is 0 Å². The SMILES string of the molecule is CCCCCCCCCc1ccc(CCCCC(=O)O)o1. The molecule has 1 rings (SSSR count). The van der Waals surface area contributed by atoms with Crippen LogP contribution in [0, 0.1) is 0 Å². The first-order valence-corrected chi connectivity index (χ1v) is 8.51. The van der Waals surface area contributed by atoms with Crippen LogP contribution in [0.2, 0.25) is 0 Å². The van der Waals surface area contributed by atoms with Crippen LogP contribution < -0.4 is 0 Å².